The van der Waals surface area contributed by atoms with Gasteiger partial charge in [0.15, 0.2) is 28.8 Å². The molecule has 0 aliphatic carbocycles. The molecule has 154 valence electrons. The van der Waals surface area contributed by atoms with Gasteiger partial charge in [-0.3, -0.25) is 4.79 Å². The van der Waals surface area contributed by atoms with Crippen LogP contribution in [0.15, 0.2) is 29.8 Å². The highest BCUT2D eigenvalue weighted by atomic mass is 19.1. The number of carbonyl (C=O) groups is 1. The lowest BCUT2D eigenvalue weighted by Crippen LogP contribution is -2.16. The molecule has 1 aliphatic rings. The minimum Gasteiger partial charge on any atom is -0.493 e. The second-order valence-corrected chi connectivity index (χ2v) is 5.97. The summed E-state index contributed by atoms with van der Waals surface area (Å²) >= 11 is 0. The maximum Gasteiger partial charge on any atom is 0.229 e. The number of Topliss-reactive ketones (excluding diaryl/α,β-unsaturated/α-hetero) is 1. The zero-order valence-corrected chi connectivity index (χ0v) is 16.5. The van der Waals surface area contributed by atoms with E-state index in [0.717, 1.165) is 0 Å². The van der Waals surface area contributed by atoms with E-state index >= 15 is 0 Å². The first kappa shape index (κ1) is 20.3. The summed E-state index contributed by atoms with van der Waals surface area (Å²) in [4.78, 5) is 13.1. The zero-order chi connectivity index (χ0) is 21.0. The fourth-order valence-corrected chi connectivity index (χ4v) is 3.08. The number of alkyl halides is 1. The normalized spacial score (nSPS) is 12.2. The third-order valence-electron chi connectivity index (χ3n) is 4.45. The molecule has 7 nitrogen and oxygen atoms in total. The fourth-order valence-electron chi connectivity index (χ4n) is 3.08. The van der Waals surface area contributed by atoms with Crippen molar-refractivity contribution in [3.8, 4) is 34.5 Å². The van der Waals surface area contributed by atoms with E-state index in [-0.39, 0.29) is 18.1 Å². The minimum absolute atomic E-state index is 0.0156. The Balaban J connectivity index is 2.01. The maximum atomic E-state index is 13.1. The van der Waals surface area contributed by atoms with Gasteiger partial charge in [-0.05, 0) is 30.3 Å². The molecule has 29 heavy (non-hydrogen) atoms. The lowest BCUT2D eigenvalue weighted by Gasteiger charge is -2.21. The first-order chi connectivity index (χ1) is 14.1. The van der Waals surface area contributed by atoms with Crippen LogP contribution in [-0.4, -0.2) is 47.7 Å². The molecule has 0 amide bonds. The van der Waals surface area contributed by atoms with Crippen LogP contribution < -0.4 is 28.4 Å². The molecule has 0 aromatic heterocycles. The third kappa shape index (κ3) is 3.78. The predicted octanol–water partition coefficient (Wildman–Crippen LogP) is 3.69. The molecule has 8 heteroatoms. The fraction of sp³-hybridized carbons (Fsp3) is 0.286. The van der Waals surface area contributed by atoms with Gasteiger partial charge in [-0.2, -0.15) is 0 Å². The molecule has 3 rings (SSSR count). The molecule has 0 bridgehead atoms. The monoisotopic (exact) mass is 404 g/mol. The topological polar surface area (TPSA) is 72.5 Å². The summed E-state index contributed by atoms with van der Waals surface area (Å²) in [5.74, 6) is 1.69. The van der Waals surface area contributed by atoms with E-state index in [0.29, 0.717) is 45.4 Å². The first-order valence-corrected chi connectivity index (χ1v) is 8.65. The lowest BCUT2D eigenvalue weighted by atomic mass is 9.98. The van der Waals surface area contributed by atoms with E-state index in [9.17, 15) is 9.18 Å². The summed E-state index contributed by atoms with van der Waals surface area (Å²) in [6, 6.07) is 6.48. The second kappa shape index (κ2) is 8.72. The van der Waals surface area contributed by atoms with Crippen LogP contribution in [-0.2, 0) is 0 Å². The molecule has 1 aliphatic heterocycles. The van der Waals surface area contributed by atoms with Gasteiger partial charge in [0.1, 0.15) is 6.61 Å². The van der Waals surface area contributed by atoms with Crippen LogP contribution in [0.2, 0.25) is 0 Å². The standard InChI is InChI=1S/C21H21FO7/c1-24-15-6-5-12-7-14(10-28-19(12)21(15)29-11-22)18(23)13-8-16(25-2)20(27-4)17(9-13)26-3/h5-9H,10-11H2,1-4H3. The van der Waals surface area contributed by atoms with Crippen molar-refractivity contribution in [2.45, 2.75) is 0 Å². The number of hydrogen-bond acceptors (Lipinski definition) is 7. The molecule has 0 saturated heterocycles. The van der Waals surface area contributed by atoms with Crippen LogP contribution in [0.25, 0.3) is 6.08 Å². The van der Waals surface area contributed by atoms with Crippen molar-refractivity contribution in [2.75, 3.05) is 41.9 Å². The highest BCUT2D eigenvalue weighted by molar-refractivity contribution is 6.12. The quantitative estimate of drug-likeness (QED) is 0.622. The van der Waals surface area contributed by atoms with Gasteiger partial charge in [-0.1, -0.05) is 0 Å². The van der Waals surface area contributed by atoms with Gasteiger partial charge in [0, 0.05) is 16.7 Å². The van der Waals surface area contributed by atoms with Crippen LogP contribution in [0.1, 0.15) is 15.9 Å². The maximum absolute atomic E-state index is 13.1. The lowest BCUT2D eigenvalue weighted by molar-refractivity contribution is 0.102. The molecule has 0 N–H and O–H groups in total. The van der Waals surface area contributed by atoms with Gasteiger partial charge in [0.2, 0.25) is 18.4 Å². The Morgan fingerprint density at radius 2 is 1.62 bits per heavy atom. The van der Waals surface area contributed by atoms with Crippen LogP contribution in [0.3, 0.4) is 0 Å². The van der Waals surface area contributed by atoms with Crippen molar-refractivity contribution in [1.82, 2.24) is 0 Å². The number of carbonyl (C=O) groups excluding carboxylic acids is 1. The number of fused-ring (bicyclic) bond motifs is 1. The Labute approximate surface area is 167 Å². The van der Waals surface area contributed by atoms with E-state index in [1.807, 2.05) is 0 Å². The van der Waals surface area contributed by atoms with E-state index in [1.165, 1.54) is 28.4 Å². The molecule has 0 radical (unpaired) electrons. The molecular weight excluding hydrogens is 383 g/mol. The Morgan fingerprint density at radius 3 is 2.17 bits per heavy atom. The summed E-state index contributed by atoms with van der Waals surface area (Å²) in [6.07, 6.45) is 1.68. The summed E-state index contributed by atoms with van der Waals surface area (Å²) in [6.45, 7) is -1.05. The van der Waals surface area contributed by atoms with E-state index in [4.69, 9.17) is 28.4 Å². The van der Waals surface area contributed by atoms with Crippen molar-refractivity contribution in [2.24, 2.45) is 0 Å². The van der Waals surface area contributed by atoms with Crippen LogP contribution in [0.5, 0.6) is 34.5 Å². The molecule has 0 fully saturated rings. The zero-order valence-electron chi connectivity index (χ0n) is 16.5. The smallest absolute Gasteiger partial charge is 0.229 e. The van der Waals surface area contributed by atoms with Crippen molar-refractivity contribution in [1.29, 1.82) is 0 Å². The van der Waals surface area contributed by atoms with Gasteiger partial charge in [0.05, 0.1) is 28.4 Å². The number of rotatable bonds is 8. The number of benzene rings is 2. The Bertz CT molecular complexity index is 927. The summed E-state index contributed by atoms with van der Waals surface area (Å²) in [5, 5.41) is 0. The molecule has 0 saturated carbocycles. The summed E-state index contributed by atoms with van der Waals surface area (Å²) < 4.78 is 44.6. The SMILES string of the molecule is COc1cc(C(=O)C2=Cc3ccc(OC)c(OCF)c3OC2)cc(OC)c1OC. The average Bonchev–Trinajstić information content (AvgIpc) is 2.77. The number of hydrogen-bond donors (Lipinski definition) is 0. The average molecular weight is 404 g/mol. The van der Waals surface area contributed by atoms with Crippen LogP contribution in [0.4, 0.5) is 4.39 Å². The Hall–Kier alpha value is -3.42. The van der Waals surface area contributed by atoms with Gasteiger partial charge >= 0.3 is 0 Å². The molecule has 1 heterocycles. The van der Waals surface area contributed by atoms with Gasteiger partial charge in [0.25, 0.3) is 0 Å². The molecule has 0 unspecified atom stereocenters. The van der Waals surface area contributed by atoms with Crippen LogP contribution in [0, 0.1) is 0 Å². The highest BCUT2D eigenvalue weighted by Gasteiger charge is 2.25. The Morgan fingerprint density at radius 1 is 0.966 bits per heavy atom. The molecule has 0 atom stereocenters. The summed E-state index contributed by atoms with van der Waals surface area (Å²) in [5.41, 5.74) is 1.34. The van der Waals surface area contributed by atoms with E-state index in [1.54, 1.807) is 30.3 Å². The number of methoxy groups -OCH3 is 4. The molecule has 0 spiro atoms. The van der Waals surface area contributed by atoms with Crippen LogP contribution >= 0.6 is 0 Å². The highest BCUT2D eigenvalue weighted by Crippen LogP contribution is 2.44. The third-order valence-corrected chi connectivity index (χ3v) is 4.45. The first-order valence-electron chi connectivity index (χ1n) is 8.65. The van der Waals surface area contributed by atoms with E-state index in [2.05, 4.69) is 0 Å². The second-order valence-electron chi connectivity index (χ2n) is 5.97. The van der Waals surface area contributed by atoms with Crippen molar-refractivity contribution in [3.63, 3.8) is 0 Å². The van der Waals surface area contributed by atoms with Gasteiger partial charge < -0.3 is 28.4 Å². The molecule has 2 aromatic carbocycles. The van der Waals surface area contributed by atoms with Crippen molar-refractivity contribution < 1.29 is 37.6 Å². The number of ether oxygens (including phenoxy) is 6. The van der Waals surface area contributed by atoms with Gasteiger partial charge in [-0.25, -0.2) is 4.39 Å². The van der Waals surface area contributed by atoms with Gasteiger partial charge in [-0.15, -0.1) is 0 Å². The van der Waals surface area contributed by atoms with Crippen molar-refractivity contribution >= 4 is 11.9 Å². The predicted molar refractivity (Wildman–Crippen MR) is 103 cm³/mol. The van der Waals surface area contributed by atoms with Crippen molar-refractivity contribution in [3.05, 3.63) is 41.0 Å². The number of halogens is 1. The molecule has 2 aromatic rings. The molecular formula is C21H21FO7. The van der Waals surface area contributed by atoms with E-state index < -0.39 is 6.86 Å². The largest absolute Gasteiger partial charge is 0.493 e. The number of ketones is 1. The minimum atomic E-state index is -1.03. The summed E-state index contributed by atoms with van der Waals surface area (Å²) in [7, 11) is 5.89. The Kier molecular flexibility index (Phi) is 6.11.